The number of ether oxygens (including phenoxy) is 1. The van der Waals surface area contributed by atoms with Crippen LogP contribution in [0.4, 0.5) is 20.2 Å². The number of hydrogen-bond donors (Lipinski definition) is 3. The molecule has 0 saturated heterocycles. The van der Waals surface area contributed by atoms with Gasteiger partial charge >= 0.3 is 0 Å². The Morgan fingerprint density at radius 3 is 2.08 bits per heavy atom. The van der Waals surface area contributed by atoms with E-state index in [1.807, 2.05) is 31.2 Å². The van der Waals surface area contributed by atoms with Crippen molar-refractivity contribution in [2.75, 3.05) is 17.2 Å². The van der Waals surface area contributed by atoms with Gasteiger partial charge in [0.25, 0.3) is 0 Å². The lowest BCUT2D eigenvalue weighted by atomic mass is 9.71. The van der Waals surface area contributed by atoms with Crippen molar-refractivity contribution < 1.29 is 18.3 Å². The fraction of sp³-hybridized carbons (Fsp3) is 0.567. The number of halogens is 2. The molecule has 200 valence electrons. The number of carbonyl (C=O) groups is 1. The van der Waals surface area contributed by atoms with Crippen molar-refractivity contribution >= 4 is 17.3 Å². The summed E-state index contributed by atoms with van der Waals surface area (Å²) in [7, 11) is 0. The average molecular weight is 512 g/mol. The maximum absolute atomic E-state index is 14.3. The lowest BCUT2D eigenvalue weighted by Gasteiger charge is -2.44. The quantitative estimate of drug-likeness (QED) is 0.365. The van der Waals surface area contributed by atoms with Crippen molar-refractivity contribution in [3.63, 3.8) is 0 Å². The minimum Gasteiger partial charge on any atom is -0.494 e. The van der Waals surface area contributed by atoms with Crippen LogP contribution < -0.4 is 20.7 Å². The molecule has 0 spiro atoms. The van der Waals surface area contributed by atoms with Crippen molar-refractivity contribution in [3.8, 4) is 5.75 Å². The van der Waals surface area contributed by atoms with Gasteiger partial charge in [-0.25, -0.2) is 8.78 Å². The van der Waals surface area contributed by atoms with Crippen LogP contribution in [0, 0.1) is 23.5 Å². The molecule has 0 bridgehead atoms. The van der Waals surface area contributed by atoms with E-state index in [1.54, 1.807) is 0 Å². The standard InChI is InChI=1S/C30H39F2N3O2/c1-2-37-23-15-13-20(14-16-23)19-30(34-26-17-24(31)25(32)18-27(26)35-30)28(21-9-5-3-6-10-21)29(36)33-22-11-7-4-8-12-22/h13-18,21-22,28,34-35H,2-12,19H2,1H3,(H,33,36). The van der Waals surface area contributed by atoms with Crippen molar-refractivity contribution in [2.45, 2.75) is 89.3 Å². The molecule has 2 aliphatic carbocycles. The molecule has 7 heteroatoms. The van der Waals surface area contributed by atoms with E-state index in [2.05, 4.69) is 16.0 Å². The normalized spacial score (nSPS) is 20.4. The first kappa shape index (κ1) is 25.8. The van der Waals surface area contributed by atoms with Crippen LogP contribution in [0.2, 0.25) is 0 Å². The zero-order valence-electron chi connectivity index (χ0n) is 21.8. The van der Waals surface area contributed by atoms with Gasteiger partial charge in [-0.3, -0.25) is 4.79 Å². The van der Waals surface area contributed by atoms with Gasteiger partial charge in [0.05, 0.1) is 23.9 Å². The molecule has 2 aromatic rings. The highest BCUT2D eigenvalue weighted by Crippen LogP contribution is 2.46. The second-order valence-corrected chi connectivity index (χ2v) is 11.0. The molecule has 5 rings (SSSR count). The van der Waals surface area contributed by atoms with Crippen molar-refractivity contribution in [3.05, 3.63) is 53.6 Å². The molecule has 2 saturated carbocycles. The van der Waals surface area contributed by atoms with Gasteiger partial charge in [-0.2, -0.15) is 0 Å². The van der Waals surface area contributed by atoms with Crippen molar-refractivity contribution in [1.82, 2.24) is 5.32 Å². The Balaban J connectivity index is 1.51. The van der Waals surface area contributed by atoms with Gasteiger partial charge in [-0.15, -0.1) is 0 Å². The highest BCUT2D eigenvalue weighted by atomic mass is 19.2. The number of hydrogen-bond acceptors (Lipinski definition) is 4. The van der Waals surface area contributed by atoms with Gasteiger partial charge in [0.1, 0.15) is 11.4 Å². The molecule has 37 heavy (non-hydrogen) atoms. The molecule has 1 amide bonds. The third-order valence-electron chi connectivity index (χ3n) is 8.38. The third-order valence-corrected chi connectivity index (χ3v) is 8.38. The van der Waals surface area contributed by atoms with E-state index in [4.69, 9.17) is 4.74 Å². The zero-order valence-corrected chi connectivity index (χ0v) is 21.8. The van der Waals surface area contributed by atoms with Gasteiger partial charge in [0.15, 0.2) is 11.6 Å². The van der Waals surface area contributed by atoms with Crippen LogP contribution in [0.15, 0.2) is 36.4 Å². The lowest BCUT2D eigenvalue weighted by molar-refractivity contribution is -0.130. The highest BCUT2D eigenvalue weighted by molar-refractivity contribution is 5.86. The Morgan fingerprint density at radius 1 is 0.946 bits per heavy atom. The Bertz CT molecular complexity index is 1050. The molecule has 2 aromatic carbocycles. The van der Waals surface area contributed by atoms with Crippen LogP contribution in [-0.4, -0.2) is 24.2 Å². The second kappa shape index (κ2) is 11.3. The van der Waals surface area contributed by atoms with Crippen molar-refractivity contribution in [1.29, 1.82) is 0 Å². The van der Waals surface area contributed by atoms with Crippen molar-refractivity contribution in [2.24, 2.45) is 11.8 Å². The largest absolute Gasteiger partial charge is 0.494 e. The highest BCUT2D eigenvalue weighted by Gasteiger charge is 2.51. The fourth-order valence-electron chi connectivity index (χ4n) is 6.66. The molecule has 2 fully saturated rings. The molecule has 3 N–H and O–H groups in total. The first-order valence-corrected chi connectivity index (χ1v) is 14.0. The molecule has 1 atom stereocenters. The van der Waals surface area contributed by atoms with Crippen LogP contribution in [0.5, 0.6) is 5.75 Å². The van der Waals surface area contributed by atoms with Gasteiger partial charge in [-0.1, -0.05) is 50.7 Å². The molecule has 1 unspecified atom stereocenters. The van der Waals surface area contributed by atoms with Gasteiger partial charge < -0.3 is 20.7 Å². The first-order chi connectivity index (χ1) is 18.0. The van der Waals surface area contributed by atoms with E-state index >= 15 is 0 Å². The molecule has 3 aliphatic rings. The smallest absolute Gasteiger partial charge is 0.227 e. The summed E-state index contributed by atoms with van der Waals surface area (Å²) < 4.78 is 34.1. The third kappa shape index (κ3) is 5.70. The molecule has 0 radical (unpaired) electrons. The number of nitrogens with one attached hydrogen (secondary N) is 3. The number of amides is 1. The van der Waals surface area contributed by atoms with E-state index in [-0.39, 0.29) is 17.9 Å². The molecule has 1 heterocycles. The lowest BCUT2D eigenvalue weighted by Crippen LogP contribution is -2.60. The van der Waals surface area contributed by atoms with Crippen LogP contribution in [0.1, 0.15) is 76.7 Å². The monoisotopic (exact) mass is 511 g/mol. The molecule has 1 aliphatic heterocycles. The summed E-state index contributed by atoms with van der Waals surface area (Å²) in [5.74, 6) is -1.20. The molecular weight excluding hydrogens is 472 g/mol. The summed E-state index contributed by atoms with van der Waals surface area (Å²) in [6.45, 7) is 2.54. The van der Waals surface area contributed by atoms with Crippen LogP contribution >= 0.6 is 0 Å². The molecular formula is C30H39F2N3O2. The van der Waals surface area contributed by atoms with E-state index in [0.717, 1.165) is 62.7 Å². The topological polar surface area (TPSA) is 62.4 Å². The minimum absolute atomic E-state index is 0.0403. The number of benzene rings is 2. The predicted octanol–water partition coefficient (Wildman–Crippen LogP) is 6.79. The minimum atomic E-state index is -0.906. The predicted molar refractivity (Wildman–Crippen MR) is 143 cm³/mol. The maximum Gasteiger partial charge on any atom is 0.227 e. The van der Waals surface area contributed by atoms with E-state index in [1.165, 1.54) is 25.0 Å². The summed E-state index contributed by atoms with van der Waals surface area (Å²) in [6, 6.07) is 10.5. The number of carbonyl (C=O) groups excluding carboxylic acids is 1. The fourth-order valence-corrected chi connectivity index (χ4v) is 6.66. The zero-order chi connectivity index (χ0) is 25.8. The average Bonchev–Trinajstić information content (AvgIpc) is 3.24. The number of anilines is 2. The first-order valence-electron chi connectivity index (χ1n) is 14.0. The Hall–Kier alpha value is -2.83. The summed E-state index contributed by atoms with van der Waals surface area (Å²) in [6.07, 6.45) is 11.3. The van der Waals surface area contributed by atoms with Crippen LogP contribution in [0.25, 0.3) is 0 Å². The van der Waals surface area contributed by atoms with Gasteiger partial charge in [-0.05, 0) is 56.2 Å². The SMILES string of the molecule is CCOc1ccc(CC2(C(C(=O)NC3CCCCC3)C3CCCCC3)Nc3cc(F)c(F)cc3N2)cc1. The second-order valence-electron chi connectivity index (χ2n) is 11.0. The van der Waals surface area contributed by atoms with E-state index in [0.29, 0.717) is 24.4 Å². The van der Waals surface area contributed by atoms with E-state index < -0.39 is 23.2 Å². The molecule has 5 nitrogen and oxygen atoms in total. The maximum atomic E-state index is 14.3. The Morgan fingerprint density at radius 2 is 1.51 bits per heavy atom. The molecule has 0 aromatic heterocycles. The van der Waals surface area contributed by atoms with Crippen LogP contribution in [-0.2, 0) is 11.2 Å². The Labute approximate surface area is 218 Å². The number of rotatable bonds is 8. The Kier molecular flexibility index (Phi) is 7.87. The summed E-state index contributed by atoms with van der Waals surface area (Å²) >= 11 is 0. The van der Waals surface area contributed by atoms with E-state index in [9.17, 15) is 13.6 Å². The van der Waals surface area contributed by atoms with Gasteiger partial charge in [0, 0.05) is 24.6 Å². The van der Waals surface area contributed by atoms with Gasteiger partial charge in [0.2, 0.25) is 5.91 Å². The summed E-state index contributed by atoms with van der Waals surface area (Å²) in [4.78, 5) is 14.2. The summed E-state index contributed by atoms with van der Waals surface area (Å²) in [5.41, 5.74) is 1.10. The number of fused-ring (bicyclic) bond motifs is 1. The van der Waals surface area contributed by atoms with Crippen LogP contribution in [0.3, 0.4) is 0 Å². The summed E-state index contributed by atoms with van der Waals surface area (Å²) in [5, 5.41) is 10.4.